The van der Waals surface area contributed by atoms with Gasteiger partial charge in [0.25, 0.3) is 0 Å². The first-order valence-corrected chi connectivity index (χ1v) is 14.2. The van der Waals surface area contributed by atoms with Gasteiger partial charge in [0.2, 0.25) is 17.7 Å². The van der Waals surface area contributed by atoms with Crippen molar-refractivity contribution in [3.05, 3.63) is 0 Å². The molecule has 12 nitrogen and oxygen atoms in total. The van der Waals surface area contributed by atoms with Crippen LogP contribution in [0.5, 0.6) is 0 Å². The number of rotatable bonds is 4. The van der Waals surface area contributed by atoms with Gasteiger partial charge >= 0.3 is 5.97 Å². The molecule has 3 amide bonds. The first-order chi connectivity index (χ1) is 18.8. The highest BCUT2D eigenvalue weighted by atomic mass is 35.5. The Hall–Kier alpha value is -2.93. The average Bonchev–Trinajstić information content (AvgIpc) is 3.88. The van der Waals surface area contributed by atoms with Crippen LogP contribution in [-0.2, 0) is 23.9 Å². The van der Waals surface area contributed by atoms with E-state index in [-0.39, 0.29) is 72.0 Å². The van der Waals surface area contributed by atoms with Gasteiger partial charge in [-0.2, -0.15) is 10.5 Å². The molecule has 2 bridgehead atoms. The molecule has 3 aliphatic heterocycles. The van der Waals surface area contributed by atoms with E-state index < -0.39 is 23.2 Å². The second kappa shape index (κ2) is 10.7. The number of ether oxygens (including phenoxy) is 1. The Morgan fingerprint density at radius 1 is 0.927 bits per heavy atom. The molecule has 0 spiro atoms. The number of nitriles is 2. The van der Waals surface area contributed by atoms with Gasteiger partial charge < -0.3 is 30.7 Å². The summed E-state index contributed by atoms with van der Waals surface area (Å²) in [5.41, 5.74) is 3.63. The van der Waals surface area contributed by atoms with Crippen LogP contribution < -0.4 is 11.1 Å². The topological polar surface area (TPSA) is 190 Å². The van der Waals surface area contributed by atoms with Gasteiger partial charge in [0, 0.05) is 30.2 Å². The van der Waals surface area contributed by atoms with Gasteiger partial charge in [0.1, 0.15) is 29.3 Å². The van der Waals surface area contributed by atoms with Crippen molar-refractivity contribution in [3.63, 3.8) is 0 Å². The van der Waals surface area contributed by atoms with Crippen molar-refractivity contribution in [2.75, 3.05) is 13.1 Å². The number of morpholine rings is 1. The van der Waals surface area contributed by atoms with E-state index in [0.29, 0.717) is 25.8 Å². The lowest BCUT2D eigenvalue weighted by Crippen LogP contribution is -2.50. The minimum atomic E-state index is -0.733. The molecule has 4 atom stereocenters. The van der Waals surface area contributed by atoms with Gasteiger partial charge in [-0.1, -0.05) is 13.8 Å². The summed E-state index contributed by atoms with van der Waals surface area (Å²) in [4.78, 5) is 51.2. The number of hydrogen-bond donors (Lipinski definition) is 3. The van der Waals surface area contributed by atoms with Crippen LogP contribution in [0.15, 0.2) is 0 Å². The van der Waals surface area contributed by atoms with E-state index in [4.69, 9.17) is 21.0 Å². The lowest BCUT2D eigenvalue weighted by Gasteiger charge is -2.28. The van der Waals surface area contributed by atoms with Crippen LogP contribution >= 0.6 is 12.4 Å². The Morgan fingerprint density at radius 2 is 1.49 bits per heavy atom. The fraction of sp³-hybridized carbons (Fsp3) is 0.786. The lowest BCUT2D eigenvalue weighted by molar-refractivity contribution is -0.158. The second-order valence-corrected chi connectivity index (χ2v) is 13.2. The standard InChI is InChI=1S/C14H19N3O3.C10H13NO3.C4H6N2.ClH/c1-13(2-3-13)12(20)17-7-9(18)6-10(17)11(19)16-14(8-15)4-5-14;1-10(2-3-10)9(13)11-5-6-4-7(11)8(12)14-6;5-3-4(6)1-2-4;/h9-10,18H,2-7H2,1H3,(H,16,19);6-7H,2-5H2,1H3;1-2,6H2;1H/t9-,10-;6-,7-;;/m00../s1. The maximum absolute atomic E-state index is 12.4. The summed E-state index contributed by atoms with van der Waals surface area (Å²) in [6.07, 6.45) is 7.01. The van der Waals surface area contributed by atoms with E-state index in [1.54, 1.807) is 4.90 Å². The third kappa shape index (κ3) is 6.45. The zero-order chi connectivity index (χ0) is 29.1. The van der Waals surface area contributed by atoms with Crippen LogP contribution in [0, 0.1) is 33.5 Å². The van der Waals surface area contributed by atoms with Crippen molar-refractivity contribution in [3.8, 4) is 12.1 Å². The van der Waals surface area contributed by atoms with E-state index >= 15 is 0 Å². The van der Waals surface area contributed by atoms with Crippen molar-refractivity contribution in [1.82, 2.24) is 15.1 Å². The van der Waals surface area contributed by atoms with E-state index in [0.717, 1.165) is 38.5 Å². The van der Waals surface area contributed by atoms with Crippen LogP contribution in [0.2, 0.25) is 0 Å². The van der Waals surface area contributed by atoms with Crippen LogP contribution in [0.1, 0.15) is 78.1 Å². The van der Waals surface area contributed by atoms with Crippen molar-refractivity contribution in [1.29, 1.82) is 10.5 Å². The molecular formula is C28H39ClN6O6. The molecule has 0 unspecified atom stereocenters. The number of β-amino-alcohol motifs (C(OH)–C–C–N with tert-alkyl or cyclic N) is 1. The Labute approximate surface area is 245 Å². The monoisotopic (exact) mass is 590 g/mol. The fourth-order valence-electron chi connectivity index (χ4n) is 5.31. The molecule has 3 saturated heterocycles. The number of carbonyl (C=O) groups is 4. The second-order valence-electron chi connectivity index (χ2n) is 13.2. The molecular weight excluding hydrogens is 552 g/mol. The highest BCUT2D eigenvalue weighted by Gasteiger charge is 2.56. The first-order valence-electron chi connectivity index (χ1n) is 14.2. The van der Waals surface area contributed by atoms with Crippen molar-refractivity contribution < 1.29 is 29.0 Å². The number of aliphatic hydroxyl groups excluding tert-OH is 1. The van der Waals surface area contributed by atoms with Gasteiger partial charge in [0.15, 0.2) is 0 Å². The zero-order valence-corrected chi connectivity index (χ0v) is 24.4. The molecule has 0 aromatic heterocycles. The first kappa shape index (κ1) is 31.0. The largest absolute Gasteiger partial charge is 0.459 e. The highest BCUT2D eigenvalue weighted by Crippen LogP contribution is 2.49. The van der Waals surface area contributed by atoms with E-state index in [9.17, 15) is 24.3 Å². The molecule has 0 radical (unpaired) electrons. The number of hydrogen-bond acceptors (Lipinski definition) is 9. The summed E-state index contributed by atoms with van der Waals surface area (Å²) in [6, 6.07) is 3.19. The highest BCUT2D eigenvalue weighted by molar-refractivity contribution is 5.93. The number of halogens is 1. The Kier molecular flexibility index (Phi) is 8.11. The third-order valence-corrected chi connectivity index (χ3v) is 9.29. The number of likely N-dealkylation sites (tertiary alicyclic amines) is 2. The SMILES string of the molecule is CC1(C(=O)N2C[C@@H](O)C[C@H]2C(=O)NC2(C#N)CC2)CC1.CC1(C(=O)N2C[C@@H]3C[C@H]2C(=O)O3)CC1.Cl.N#CC1(N)CC1. The molecule has 4 aliphatic carbocycles. The van der Waals surface area contributed by atoms with Gasteiger partial charge in [-0.3, -0.25) is 14.4 Å². The molecule has 0 aromatic rings. The van der Waals surface area contributed by atoms with Crippen LogP contribution in [0.4, 0.5) is 0 Å². The number of esters is 1. The van der Waals surface area contributed by atoms with Crippen LogP contribution in [0.3, 0.4) is 0 Å². The number of fused-ring (bicyclic) bond motifs is 2. The van der Waals surface area contributed by atoms with E-state index in [1.165, 1.54) is 4.90 Å². The van der Waals surface area contributed by atoms with E-state index in [1.807, 2.05) is 19.9 Å². The summed E-state index contributed by atoms with van der Waals surface area (Å²) in [5.74, 6) is -0.408. The molecule has 7 fully saturated rings. The van der Waals surface area contributed by atoms with Crippen molar-refractivity contribution in [2.45, 2.75) is 113 Å². The molecule has 7 rings (SSSR count). The Morgan fingerprint density at radius 3 is 1.88 bits per heavy atom. The number of nitrogens with one attached hydrogen (secondary N) is 1. The maximum Gasteiger partial charge on any atom is 0.329 e. The quantitative estimate of drug-likeness (QED) is 0.395. The van der Waals surface area contributed by atoms with Crippen LogP contribution in [-0.4, -0.2) is 87.1 Å². The number of carbonyl (C=O) groups excluding carboxylic acids is 4. The number of nitrogens with zero attached hydrogens (tertiary/aromatic N) is 4. The Bertz CT molecular complexity index is 1200. The van der Waals surface area contributed by atoms with Crippen LogP contribution in [0.25, 0.3) is 0 Å². The maximum atomic E-state index is 12.4. The van der Waals surface area contributed by atoms with Gasteiger partial charge in [-0.05, 0) is 51.4 Å². The normalized spacial score (nSPS) is 32.2. The number of aliphatic hydroxyl groups is 1. The molecule has 224 valence electrons. The molecule has 4 saturated carbocycles. The predicted octanol–water partition coefficient (Wildman–Crippen LogP) is 0.657. The smallest absolute Gasteiger partial charge is 0.329 e. The van der Waals surface area contributed by atoms with Gasteiger partial charge in [-0.25, -0.2) is 4.79 Å². The summed E-state index contributed by atoms with van der Waals surface area (Å²) in [7, 11) is 0. The summed E-state index contributed by atoms with van der Waals surface area (Å²) in [5, 5.41) is 29.6. The van der Waals surface area contributed by atoms with Gasteiger partial charge in [0.05, 0.1) is 24.8 Å². The third-order valence-electron chi connectivity index (χ3n) is 9.29. The minimum absolute atomic E-state index is 0. The molecule has 0 aromatic carbocycles. The molecule has 4 N–H and O–H groups in total. The summed E-state index contributed by atoms with van der Waals surface area (Å²) in [6.45, 7) is 4.70. The molecule has 13 heteroatoms. The van der Waals surface area contributed by atoms with E-state index in [2.05, 4.69) is 11.4 Å². The lowest BCUT2D eigenvalue weighted by atomic mass is 10.1. The fourth-order valence-corrected chi connectivity index (χ4v) is 5.31. The summed E-state index contributed by atoms with van der Waals surface area (Å²) < 4.78 is 5.04. The van der Waals surface area contributed by atoms with Gasteiger partial charge in [-0.15, -0.1) is 12.4 Å². The molecule has 41 heavy (non-hydrogen) atoms. The number of amides is 3. The summed E-state index contributed by atoms with van der Waals surface area (Å²) >= 11 is 0. The van der Waals surface area contributed by atoms with Crippen molar-refractivity contribution in [2.24, 2.45) is 16.6 Å². The number of nitrogens with two attached hydrogens (primary N) is 1. The molecule has 7 aliphatic rings. The zero-order valence-electron chi connectivity index (χ0n) is 23.6. The average molecular weight is 591 g/mol. The Balaban J connectivity index is 0.000000159. The van der Waals surface area contributed by atoms with Crippen molar-refractivity contribution >= 4 is 36.1 Å². The predicted molar refractivity (Wildman–Crippen MR) is 146 cm³/mol. The molecule has 3 heterocycles. The minimum Gasteiger partial charge on any atom is -0.459 e.